The number of halogens is 1. The lowest BCUT2D eigenvalue weighted by Crippen LogP contribution is -2.24. The fraction of sp³-hybridized carbons (Fsp3) is 0.222. The first-order valence-electron chi connectivity index (χ1n) is 7.57. The summed E-state index contributed by atoms with van der Waals surface area (Å²) in [4.78, 5) is 12.0. The molecule has 0 fully saturated rings. The summed E-state index contributed by atoms with van der Waals surface area (Å²) in [6.07, 6.45) is 0.369. The van der Waals surface area contributed by atoms with Gasteiger partial charge in [0.05, 0.1) is 12.1 Å². The normalized spacial score (nSPS) is 10.9. The Morgan fingerprint density at radius 3 is 2.70 bits per heavy atom. The molecule has 3 aromatic rings. The van der Waals surface area contributed by atoms with E-state index in [1.165, 1.54) is 5.56 Å². The van der Waals surface area contributed by atoms with Crippen LogP contribution in [-0.2, 0) is 17.9 Å². The highest BCUT2D eigenvalue weighted by Crippen LogP contribution is 2.22. The number of para-hydroxylation sites is 1. The molecule has 0 spiro atoms. The van der Waals surface area contributed by atoms with Crippen LogP contribution in [-0.4, -0.2) is 15.7 Å². The molecular formula is C18H18ClN3O. The molecule has 4 nitrogen and oxygen atoms in total. The third-order valence-electron chi connectivity index (χ3n) is 3.77. The fourth-order valence-corrected chi connectivity index (χ4v) is 2.71. The average Bonchev–Trinajstić information content (AvgIpc) is 2.89. The van der Waals surface area contributed by atoms with Crippen LogP contribution >= 0.6 is 11.6 Å². The molecule has 0 saturated carbocycles. The van der Waals surface area contributed by atoms with E-state index in [9.17, 15) is 4.79 Å². The van der Waals surface area contributed by atoms with Crippen LogP contribution in [0.3, 0.4) is 0 Å². The summed E-state index contributed by atoms with van der Waals surface area (Å²) in [5.74, 6) is 0.00118. The second-order valence-electron chi connectivity index (χ2n) is 5.54. The number of nitrogens with one attached hydrogen (secondary N) is 1. The van der Waals surface area contributed by atoms with E-state index >= 15 is 0 Å². The minimum atomic E-state index is 0.00118. The maximum absolute atomic E-state index is 12.0. The number of carbonyl (C=O) groups excluding carboxylic acids is 1. The molecule has 0 aliphatic rings. The van der Waals surface area contributed by atoms with Crippen LogP contribution in [0.1, 0.15) is 17.5 Å². The highest BCUT2D eigenvalue weighted by atomic mass is 35.5. The van der Waals surface area contributed by atoms with Gasteiger partial charge in [-0.1, -0.05) is 53.6 Å². The van der Waals surface area contributed by atoms with Gasteiger partial charge >= 0.3 is 0 Å². The first kappa shape index (κ1) is 15.6. The molecule has 1 heterocycles. The predicted molar refractivity (Wildman–Crippen MR) is 92.4 cm³/mol. The number of hydrogen-bond donors (Lipinski definition) is 1. The maximum Gasteiger partial charge on any atom is 0.222 e. The number of aromatic nitrogens is 2. The van der Waals surface area contributed by atoms with Crippen LogP contribution in [0, 0.1) is 6.92 Å². The Kier molecular flexibility index (Phi) is 4.63. The zero-order valence-corrected chi connectivity index (χ0v) is 13.7. The largest absolute Gasteiger partial charge is 0.352 e. The second-order valence-corrected chi connectivity index (χ2v) is 5.90. The van der Waals surface area contributed by atoms with E-state index in [1.54, 1.807) is 4.68 Å². The summed E-state index contributed by atoms with van der Waals surface area (Å²) in [6.45, 7) is 3.09. The molecular weight excluding hydrogens is 310 g/mol. The van der Waals surface area contributed by atoms with Crippen LogP contribution in [0.4, 0.5) is 0 Å². The predicted octanol–water partition coefficient (Wildman–Crippen LogP) is 3.70. The lowest BCUT2D eigenvalue weighted by Gasteiger charge is -2.06. The Balaban J connectivity index is 1.57. The van der Waals surface area contributed by atoms with E-state index in [2.05, 4.69) is 10.4 Å². The molecule has 1 N–H and O–H groups in total. The number of benzene rings is 2. The molecule has 0 aliphatic heterocycles. The molecule has 118 valence electrons. The van der Waals surface area contributed by atoms with Crippen molar-refractivity contribution >= 4 is 28.4 Å². The van der Waals surface area contributed by atoms with E-state index in [1.807, 2.05) is 55.5 Å². The van der Waals surface area contributed by atoms with Crippen molar-refractivity contribution in [2.24, 2.45) is 0 Å². The summed E-state index contributed by atoms with van der Waals surface area (Å²) < 4.78 is 1.78. The minimum absolute atomic E-state index is 0.00118. The van der Waals surface area contributed by atoms with Gasteiger partial charge in [-0.15, -0.1) is 0 Å². The van der Waals surface area contributed by atoms with E-state index in [0.29, 0.717) is 24.7 Å². The highest BCUT2D eigenvalue weighted by Gasteiger charge is 2.09. The molecule has 1 amide bonds. The fourth-order valence-electron chi connectivity index (χ4n) is 2.46. The van der Waals surface area contributed by atoms with E-state index in [-0.39, 0.29) is 5.91 Å². The van der Waals surface area contributed by atoms with Gasteiger partial charge in [0.15, 0.2) is 5.15 Å². The number of rotatable bonds is 5. The SMILES string of the molecule is Cc1ccc(CNC(=O)CCn2nc(Cl)c3ccccc32)cc1. The quantitative estimate of drug-likeness (QED) is 0.776. The standard InChI is InChI=1S/C18H18ClN3O/c1-13-6-8-14(9-7-13)12-20-17(23)10-11-22-16-5-3-2-4-15(16)18(19)21-22/h2-9H,10-12H2,1H3,(H,20,23). The molecule has 0 bridgehead atoms. The Labute approximate surface area is 140 Å². The number of aryl methyl sites for hydroxylation is 2. The van der Waals surface area contributed by atoms with Gasteiger partial charge < -0.3 is 5.32 Å². The van der Waals surface area contributed by atoms with Crippen molar-refractivity contribution in [1.29, 1.82) is 0 Å². The highest BCUT2D eigenvalue weighted by molar-refractivity contribution is 6.34. The molecule has 0 radical (unpaired) electrons. The van der Waals surface area contributed by atoms with Gasteiger partial charge in [-0.25, -0.2) is 0 Å². The van der Waals surface area contributed by atoms with Gasteiger partial charge in [-0.05, 0) is 24.6 Å². The van der Waals surface area contributed by atoms with Gasteiger partial charge in [0.25, 0.3) is 0 Å². The van der Waals surface area contributed by atoms with E-state index in [0.717, 1.165) is 16.5 Å². The first-order chi connectivity index (χ1) is 11.1. The van der Waals surface area contributed by atoms with Crippen molar-refractivity contribution in [3.63, 3.8) is 0 Å². The van der Waals surface area contributed by atoms with Crippen LogP contribution in [0.2, 0.25) is 5.15 Å². The summed E-state index contributed by atoms with van der Waals surface area (Å²) in [6, 6.07) is 15.9. The second kappa shape index (κ2) is 6.84. The number of fused-ring (bicyclic) bond motifs is 1. The topological polar surface area (TPSA) is 46.9 Å². The number of hydrogen-bond acceptors (Lipinski definition) is 2. The smallest absolute Gasteiger partial charge is 0.222 e. The maximum atomic E-state index is 12.0. The van der Waals surface area contributed by atoms with Gasteiger partial charge in [0, 0.05) is 18.4 Å². The zero-order chi connectivity index (χ0) is 16.2. The molecule has 5 heteroatoms. The summed E-state index contributed by atoms with van der Waals surface area (Å²) in [7, 11) is 0. The van der Waals surface area contributed by atoms with Gasteiger partial charge in [0.2, 0.25) is 5.91 Å². The van der Waals surface area contributed by atoms with Crippen molar-refractivity contribution in [3.8, 4) is 0 Å². The number of nitrogens with zero attached hydrogens (tertiary/aromatic N) is 2. The van der Waals surface area contributed by atoms with Gasteiger partial charge in [-0.2, -0.15) is 5.10 Å². The third-order valence-corrected chi connectivity index (χ3v) is 4.05. The van der Waals surface area contributed by atoms with Crippen molar-refractivity contribution in [1.82, 2.24) is 15.1 Å². The number of amides is 1. The lowest BCUT2D eigenvalue weighted by atomic mass is 10.1. The number of carbonyl (C=O) groups is 1. The van der Waals surface area contributed by atoms with Crippen LogP contribution in [0.5, 0.6) is 0 Å². The minimum Gasteiger partial charge on any atom is -0.352 e. The molecule has 23 heavy (non-hydrogen) atoms. The molecule has 0 unspecified atom stereocenters. The first-order valence-corrected chi connectivity index (χ1v) is 7.94. The van der Waals surface area contributed by atoms with Crippen LogP contribution in [0.25, 0.3) is 10.9 Å². The molecule has 2 aromatic carbocycles. The monoisotopic (exact) mass is 327 g/mol. The van der Waals surface area contributed by atoms with Crippen LogP contribution in [0.15, 0.2) is 48.5 Å². The Hall–Kier alpha value is -2.33. The summed E-state index contributed by atoms with van der Waals surface area (Å²) in [5.41, 5.74) is 3.25. The molecule has 0 atom stereocenters. The van der Waals surface area contributed by atoms with E-state index in [4.69, 9.17) is 11.6 Å². The molecule has 0 aliphatic carbocycles. The molecule has 0 saturated heterocycles. The van der Waals surface area contributed by atoms with Crippen molar-refractivity contribution < 1.29 is 4.79 Å². The van der Waals surface area contributed by atoms with Crippen molar-refractivity contribution in [2.75, 3.05) is 0 Å². The van der Waals surface area contributed by atoms with Crippen molar-refractivity contribution in [3.05, 3.63) is 64.8 Å². The summed E-state index contributed by atoms with van der Waals surface area (Å²) >= 11 is 6.11. The Morgan fingerprint density at radius 1 is 1.17 bits per heavy atom. The Bertz CT molecular complexity index is 824. The lowest BCUT2D eigenvalue weighted by molar-refractivity contribution is -0.121. The third kappa shape index (κ3) is 3.71. The summed E-state index contributed by atoms with van der Waals surface area (Å²) in [5, 5.41) is 8.61. The van der Waals surface area contributed by atoms with Gasteiger partial charge in [-0.3, -0.25) is 9.48 Å². The van der Waals surface area contributed by atoms with Gasteiger partial charge in [0.1, 0.15) is 0 Å². The molecule has 3 rings (SSSR count). The average molecular weight is 328 g/mol. The molecule has 1 aromatic heterocycles. The van der Waals surface area contributed by atoms with Crippen molar-refractivity contribution in [2.45, 2.75) is 26.4 Å². The van der Waals surface area contributed by atoms with E-state index < -0.39 is 0 Å². The van der Waals surface area contributed by atoms with Crippen LogP contribution < -0.4 is 5.32 Å². The zero-order valence-electron chi connectivity index (χ0n) is 12.9. The Morgan fingerprint density at radius 2 is 1.91 bits per heavy atom.